The van der Waals surface area contributed by atoms with Gasteiger partial charge in [0.15, 0.2) is 0 Å². The molecular weight excluding hydrogens is 318 g/mol. The average Bonchev–Trinajstić information content (AvgIpc) is 3.13. The van der Waals surface area contributed by atoms with E-state index in [2.05, 4.69) is 20.4 Å². The van der Waals surface area contributed by atoms with E-state index in [0.717, 1.165) is 0 Å². The minimum Gasteiger partial charge on any atom is -0.424 e. The second-order valence-electron chi connectivity index (χ2n) is 5.62. The number of nitrogens with zero attached hydrogens (tertiary/aromatic N) is 4. The second-order valence-corrected chi connectivity index (χ2v) is 5.62. The van der Waals surface area contributed by atoms with Crippen LogP contribution >= 0.6 is 0 Å². The summed E-state index contributed by atoms with van der Waals surface area (Å²) in [6.07, 6.45) is 3.39. The van der Waals surface area contributed by atoms with Crippen molar-refractivity contribution in [2.75, 3.05) is 5.32 Å². The normalized spacial score (nSPS) is 11.8. The number of ether oxygens (including phenoxy) is 1. The standard InChI is InChI=1S/C18H19N5O2/c1-12-16(22-17(24)14(3)23-11-7-10-19-23)13(2)21-18(20-12)25-15-8-5-4-6-9-15/h4-11,14H,1-3H3,(H,22,24). The highest BCUT2D eigenvalue weighted by molar-refractivity contribution is 5.94. The number of benzene rings is 1. The molecule has 7 nitrogen and oxygen atoms in total. The molecule has 0 aliphatic rings. The molecule has 2 aromatic heterocycles. The minimum absolute atomic E-state index is 0.185. The number of hydrogen-bond donors (Lipinski definition) is 1. The van der Waals surface area contributed by atoms with Crippen molar-refractivity contribution >= 4 is 11.6 Å². The number of hydrogen-bond acceptors (Lipinski definition) is 5. The molecule has 7 heteroatoms. The first-order chi connectivity index (χ1) is 12.0. The first-order valence-electron chi connectivity index (χ1n) is 7.92. The highest BCUT2D eigenvalue weighted by Gasteiger charge is 2.18. The molecule has 0 fully saturated rings. The lowest BCUT2D eigenvalue weighted by atomic mass is 10.2. The molecule has 1 atom stereocenters. The Morgan fingerprint density at radius 2 is 1.80 bits per heavy atom. The zero-order chi connectivity index (χ0) is 17.8. The zero-order valence-corrected chi connectivity index (χ0v) is 14.3. The van der Waals surface area contributed by atoms with Crippen LogP contribution < -0.4 is 10.1 Å². The lowest BCUT2D eigenvalue weighted by molar-refractivity contribution is -0.119. The van der Waals surface area contributed by atoms with Gasteiger partial charge in [-0.05, 0) is 39.0 Å². The predicted octanol–water partition coefficient (Wildman–Crippen LogP) is 3.28. The van der Waals surface area contributed by atoms with E-state index < -0.39 is 6.04 Å². The molecule has 1 unspecified atom stereocenters. The number of carbonyl (C=O) groups excluding carboxylic acids is 1. The maximum atomic E-state index is 12.4. The van der Waals surface area contributed by atoms with Crippen LogP contribution in [0.2, 0.25) is 0 Å². The smallest absolute Gasteiger partial charge is 0.322 e. The Morgan fingerprint density at radius 3 is 2.40 bits per heavy atom. The lowest BCUT2D eigenvalue weighted by Crippen LogP contribution is -2.25. The third-order valence-electron chi connectivity index (χ3n) is 3.75. The van der Waals surface area contributed by atoms with Crippen molar-refractivity contribution in [3.8, 4) is 11.8 Å². The maximum absolute atomic E-state index is 12.4. The van der Waals surface area contributed by atoms with Gasteiger partial charge in [-0.1, -0.05) is 18.2 Å². The summed E-state index contributed by atoms with van der Waals surface area (Å²) in [5.74, 6) is 0.473. The number of rotatable bonds is 5. The summed E-state index contributed by atoms with van der Waals surface area (Å²) in [5, 5.41) is 6.97. The Bertz CT molecular complexity index is 839. The first kappa shape index (κ1) is 16.6. The van der Waals surface area contributed by atoms with Crippen LogP contribution in [0.4, 0.5) is 5.69 Å². The monoisotopic (exact) mass is 337 g/mol. The van der Waals surface area contributed by atoms with Crippen molar-refractivity contribution in [2.24, 2.45) is 0 Å². The second kappa shape index (κ2) is 7.12. The van der Waals surface area contributed by atoms with Crippen LogP contribution in [-0.2, 0) is 4.79 Å². The van der Waals surface area contributed by atoms with Crippen LogP contribution in [-0.4, -0.2) is 25.7 Å². The Balaban J connectivity index is 1.77. The van der Waals surface area contributed by atoms with Crippen molar-refractivity contribution in [1.29, 1.82) is 0 Å². The molecule has 128 valence electrons. The summed E-state index contributed by atoms with van der Waals surface area (Å²) in [4.78, 5) is 21.1. The van der Waals surface area contributed by atoms with Gasteiger partial charge in [-0.15, -0.1) is 0 Å². The summed E-state index contributed by atoms with van der Waals surface area (Å²) in [6, 6.07) is 10.9. The van der Waals surface area contributed by atoms with Crippen molar-refractivity contribution in [3.05, 3.63) is 60.2 Å². The van der Waals surface area contributed by atoms with Gasteiger partial charge >= 0.3 is 6.01 Å². The van der Waals surface area contributed by atoms with E-state index in [1.165, 1.54) is 0 Å². The van der Waals surface area contributed by atoms with E-state index in [0.29, 0.717) is 22.8 Å². The molecule has 0 bridgehead atoms. The SMILES string of the molecule is Cc1nc(Oc2ccccc2)nc(C)c1NC(=O)C(C)n1cccn1. The largest absolute Gasteiger partial charge is 0.424 e. The molecule has 1 amide bonds. The van der Waals surface area contributed by atoms with Crippen LogP contribution in [0.5, 0.6) is 11.8 Å². The quantitative estimate of drug-likeness (QED) is 0.772. The van der Waals surface area contributed by atoms with Gasteiger partial charge in [-0.3, -0.25) is 9.48 Å². The highest BCUT2D eigenvalue weighted by atomic mass is 16.5. The molecule has 3 aromatic rings. The van der Waals surface area contributed by atoms with Gasteiger partial charge in [-0.25, -0.2) is 0 Å². The first-order valence-corrected chi connectivity index (χ1v) is 7.92. The van der Waals surface area contributed by atoms with Crippen LogP contribution in [0.1, 0.15) is 24.4 Å². The molecule has 0 spiro atoms. The number of amides is 1. The molecule has 0 aliphatic carbocycles. The summed E-state index contributed by atoms with van der Waals surface area (Å²) in [6.45, 7) is 5.39. The van der Waals surface area contributed by atoms with Gasteiger partial charge in [0, 0.05) is 12.4 Å². The number of anilines is 1. The third kappa shape index (κ3) is 3.82. The number of aryl methyl sites for hydroxylation is 2. The molecule has 0 aliphatic heterocycles. The molecule has 2 heterocycles. The number of nitrogens with one attached hydrogen (secondary N) is 1. The van der Waals surface area contributed by atoms with Gasteiger partial charge in [-0.2, -0.15) is 15.1 Å². The molecule has 25 heavy (non-hydrogen) atoms. The molecule has 0 saturated carbocycles. The lowest BCUT2D eigenvalue weighted by Gasteiger charge is -2.16. The maximum Gasteiger partial charge on any atom is 0.322 e. The van der Waals surface area contributed by atoms with E-state index in [-0.39, 0.29) is 11.9 Å². The van der Waals surface area contributed by atoms with Gasteiger partial charge < -0.3 is 10.1 Å². The Hall–Kier alpha value is -3.22. The van der Waals surface area contributed by atoms with Gasteiger partial charge in [0.2, 0.25) is 5.91 Å². The summed E-state index contributed by atoms with van der Waals surface area (Å²) >= 11 is 0. The van der Waals surface area contributed by atoms with E-state index in [9.17, 15) is 4.79 Å². The van der Waals surface area contributed by atoms with Crippen LogP contribution in [0.25, 0.3) is 0 Å². The Morgan fingerprint density at radius 1 is 1.12 bits per heavy atom. The fourth-order valence-corrected chi connectivity index (χ4v) is 2.36. The third-order valence-corrected chi connectivity index (χ3v) is 3.75. The zero-order valence-electron chi connectivity index (χ0n) is 14.3. The van der Waals surface area contributed by atoms with Crippen LogP contribution in [0, 0.1) is 13.8 Å². The fourth-order valence-electron chi connectivity index (χ4n) is 2.36. The van der Waals surface area contributed by atoms with Crippen LogP contribution in [0.15, 0.2) is 48.8 Å². The van der Waals surface area contributed by atoms with Gasteiger partial charge in [0.25, 0.3) is 0 Å². The van der Waals surface area contributed by atoms with Crippen molar-refractivity contribution < 1.29 is 9.53 Å². The molecule has 1 N–H and O–H groups in total. The average molecular weight is 337 g/mol. The molecule has 1 aromatic carbocycles. The van der Waals surface area contributed by atoms with Crippen molar-refractivity contribution in [1.82, 2.24) is 19.7 Å². The fraction of sp³-hybridized carbons (Fsp3) is 0.222. The van der Waals surface area contributed by atoms with E-state index in [1.807, 2.05) is 30.3 Å². The Labute approximate surface area is 145 Å². The van der Waals surface area contributed by atoms with E-state index in [1.54, 1.807) is 43.9 Å². The minimum atomic E-state index is -0.436. The number of aromatic nitrogens is 4. The van der Waals surface area contributed by atoms with Gasteiger partial charge in [0.05, 0.1) is 17.1 Å². The molecular formula is C18H19N5O2. The van der Waals surface area contributed by atoms with Crippen LogP contribution in [0.3, 0.4) is 0 Å². The van der Waals surface area contributed by atoms with Gasteiger partial charge in [0.1, 0.15) is 11.8 Å². The molecule has 0 radical (unpaired) electrons. The summed E-state index contributed by atoms with van der Waals surface area (Å²) in [5.41, 5.74) is 1.86. The molecule has 3 rings (SSSR count). The topological polar surface area (TPSA) is 81.9 Å². The summed E-state index contributed by atoms with van der Waals surface area (Å²) < 4.78 is 7.25. The van der Waals surface area contributed by atoms with E-state index >= 15 is 0 Å². The van der Waals surface area contributed by atoms with Crippen molar-refractivity contribution in [2.45, 2.75) is 26.8 Å². The predicted molar refractivity (Wildman–Crippen MR) is 93.6 cm³/mol. The number of para-hydroxylation sites is 1. The van der Waals surface area contributed by atoms with E-state index in [4.69, 9.17) is 4.74 Å². The van der Waals surface area contributed by atoms with Crippen molar-refractivity contribution in [3.63, 3.8) is 0 Å². The highest BCUT2D eigenvalue weighted by Crippen LogP contribution is 2.24. The summed E-state index contributed by atoms with van der Waals surface area (Å²) in [7, 11) is 0. The Kier molecular flexibility index (Phi) is 4.74. The number of carbonyl (C=O) groups is 1. The molecule has 0 saturated heterocycles.